The van der Waals surface area contributed by atoms with Crippen molar-refractivity contribution in [2.45, 2.75) is 124 Å². The molecule has 0 fully saturated rings. The third-order valence-corrected chi connectivity index (χ3v) is 7.17. The minimum absolute atomic E-state index is 0.117. The molecule has 1 aliphatic rings. The van der Waals surface area contributed by atoms with Gasteiger partial charge in [0.2, 0.25) is 0 Å². The summed E-state index contributed by atoms with van der Waals surface area (Å²) in [4.78, 5) is 0. The summed E-state index contributed by atoms with van der Waals surface area (Å²) in [5.74, 6) is 3.29. The first kappa shape index (κ1) is 26.1. The Labute approximate surface area is 190 Å². The van der Waals surface area contributed by atoms with Gasteiger partial charge in [-0.25, -0.2) is 8.78 Å². The fraction of sp³-hybridized carbons (Fsp3) is 0.786. The van der Waals surface area contributed by atoms with Crippen LogP contribution < -0.4 is 4.74 Å². The molecule has 0 aliphatic carbocycles. The molecular formula is C28H46F2O. The fourth-order valence-electron chi connectivity index (χ4n) is 5.01. The van der Waals surface area contributed by atoms with Gasteiger partial charge >= 0.3 is 0 Å². The first-order valence-corrected chi connectivity index (χ1v) is 12.7. The lowest BCUT2D eigenvalue weighted by atomic mass is 9.85. The lowest BCUT2D eigenvalue weighted by Crippen LogP contribution is -2.36. The van der Waals surface area contributed by atoms with Gasteiger partial charge in [-0.2, -0.15) is 0 Å². The van der Waals surface area contributed by atoms with Gasteiger partial charge in [0.25, 0.3) is 6.43 Å². The van der Waals surface area contributed by atoms with Gasteiger partial charge in [0, 0.05) is 5.56 Å². The van der Waals surface area contributed by atoms with E-state index in [1.165, 1.54) is 51.4 Å². The molecule has 0 amide bonds. The third-order valence-electron chi connectivity index (χ3n) is 7.17. The predicted molar refractivity (Wildman–Crippen MR) is 128 cm³/mol. The van der Waals surface area contributed by atoms with Crippen LogP contribution in [0.1, 0.15) is 122 Å². The Kier molecular flexibility index (Phi) is 10.3. The van der Waals surface area contributed by atoms with Crippen LogP contribution in [0.4, 0.5) is 8.78 Å². The highest BCUT2D eigenvalue weighted by Gasteiger charge is 2.32. The molecule has 0 aromatic heterocycles. The topological polar surface area (TPSA) is 9.23 Å². The summed E-state index contributed by atoms with van der Waals surface area (Å²) in [5.41, 5.74) is 1.74. The molecule has 0 radical (unpaired) electrons. The van der Waals surface area contributed by atoms with Crippen molar-refractivity contribution in [3.05, 3.63) is 28.8 Å². The second kappa shape index (κ2) is 12.2. The number of rotatable bonds is 13. The van der Waals surface area contributed by atoms with E-state index in [0.29, 0.717) is 0 Å². The van der Waals surface area contributed by atoms with E-state index in [1.54, 1.807) is 12.1 Å². The standard InChI is InChI=1S/C28H46F2O/c1-20(2)10-7-11-21(3)12-8-13-22(4)14-9-16-28(6)17-15-24-19-25(27(29)30)18-23(5)26(24)31-28/h18-22,27H,7-17H2,1-6H3/t21-,22-,28-/m1/s1. The number of aryl methyl sites for hydroxylation is 2. The Morgan fingerprint density at radius 2 is 1.48 bits per heavy atom. The van der Waals surface area contributed by atoms with Gasteiger partial charge in [-0.3, -0.25) is 0 Å². The Morgan fingerprint density at radius 1 is 0.903 bits per heavy atom. The lowest BCUT2D eigenvalue weighted by molar-refractivity contribution is 0.0513. The van der Waals surface area contributed by atoms with Crippen LogP contribution in [0.15, 0.2) is 12.1 Å². The van der Waals surface area contributed by atoms with E-state index in [2.05, 4.69) is 34.6 Å². The van der Waals surface area contributed by atoms with Crippen molar-refractivity contribution in [1.82, 2.24) is 0 Å². The largest absolute Gasteiger partial charge is 0.487 e. The molecule has 2 rings (SSSR count). The Bertz CT molecular complexity index is 669. The molecule has 3 atom stereocenters. The van der Waals surface area contributed by atoms with Crippen molar-refractivity contribution >= 4 is 0 Å². The minimum atomic E-state index is -2.41. The summed E-state index contributed by atoms with van der Waals surface area (Å²) in [7, 11) is 0. The summed E-state index contributed by atoms with van der Waals surface area (Å²) in [6.07, 6.45) is 10.9. The fourth-order valence-corrected chi connectivity index (χ4v) is 5.01. The normalized spacial score (nSPS) is 20.6. The van der Waals surface area contributed by atoms with E-state index in [1.807, 2.05) is 6.92 Å². The highest BCUT2D eigenvalue weighted by molar-refractivity contribution is 5.46. The lowest BCUT2D eigenvalue weighted by Gasteiger charge is -2.37. The van der Waals surface area contributed by atoms with E-state index in [4.69, 9.17) is 4.74 Å². The third kappa shape index (κ3) is 8.73. The molecule has 0 bridgehead atoms. The monoisotopic (exact) mass is 436 g/mol. The zero-order valence-corrected chi connectivity index (χ0v) is 20.9. The van der Waals surface area contributed by atoms with Crippen molar-refractivity contribution < 1.29 is 13.5 Å². The maximum Gasteiger partial charge on any atom is 0.263 e. The summed E-state index contributed by atoms with van der Waals surface area (Å²) < 4.78 is 32.6. The van der Waals surface area contributed by atoms with Crippen LogP contribution in [0.2, 0.25) is 0 Å². The van der Waals surface area contributed by atoms with Crippen molar-refractivity contribution in [2.75, 3.05) is 0 Å². The molecule has 1 aromatic carbocycles. The van der Waals surface area contributed by atoms with Gasteiger partial charge in [0.1, 0.15) is 11.4 Å². The maximum atomic E-state index is 13.1. The van der Waals surface area contributed by atoms with E-state index < -0.39 is 6.43 Å². The van der Waals surface area contributed by atoms with Gasteiger partial charge in [0.15, 0.2) is 0 Å². The van der Waals surface area contributed by atoms with Gasteiger partial charge in [0.05, 0.1) is 0 Å². The molecule has 0 N–H and O–H groups in total. The maximum absolute atomic E-state index is 13.1. The first-order chi connectivity index (χ1) is 14.6. The van der Waals surface area contributed by atoms with Crippen LogP contribution in [0, 0.1) is 24.7 Å². The summed E-state index contributed by atoms with van der Waals surface area (Å²) >= 11 is 0. The molecule has 1 aromatic rings. The first-order valence-electron chi connectivity index (χ1n) is 12.7. The Hall–Kier alpha value is -1.12. The second-order valence-corrected chi connectivity index (χ2v) is 11.0. The summed E-state index contributed by atoms with van der Waals surface area (Å²) in [5, 5.41) is 0. The molecule has 3 heteroatoms. The number of hydrogen-bond acceptors (Lipinski definition) is 1. The molecule has 0 saturated carbocycles. The average Bonchev–Trinajstić information content (AvgIpc) is 2.68. The molecule has 178 valence electrons. The van der Waals surface area contributed by atoms with Crippen LogP contribution in [0.25, 0.3) is 0 Å². The smallest absolute Gasteiger partial charge is 0.263 e. The van der Waals surface area contributed by atoms with E-state index >= 15 is 0 Å². The highest BCUT2D eigenvalue weighted by atomic mass is 19.3. The second-order valence-electron chi connectivity index (χ2n) is 11.0. The number of hydrogen-bond donors (Lipinski definition) is 0. The number of ether oxygens (including phenoxy) is 1. The SMILES string of the molecule is Cc1cc(C(F)F)cc2c1O[C@](C)(CCC[C@H](C)CCC[C@H](C)CCCC(C)C)CC2. The van der Waals surface area contributed by atoms with Crippen molar-refractivity contribution in [1.29, 1.82) is 0 Å². The quantitative estimate of drug-likeness (QED) is 0.299. The molecule has 1 aliphatic heterocycles. The molecule has 0 unspecified atom stereocenters. The van der Waals surface area contributed by atoms with E-state index in [9.17, 15) is 8.78 Å². The summed E-state index contributed by atoms with van der Waals surface area (Å²) in [6.45, 7) is 13.5. The van der Waals surface area contributed by atoms with Crippen LogP contribution >= 0.6 is 0 Å². The molecule has 0 spiro atoms. The van der Waals surface area contributed by atoms with Crippen molar-refractivity contribution in [3.8, 4) is 5.75 Å². The van der Waals surface area contributed by atoms with Crippen LogP contribution in [0.3, 0.4) is 0 Å². The minimum Gasteiger partial charge on any atom is -0.487 e. The van der Waals surface area contributed by atoms with Gasteiger partial charge in [-0.05, 0) is 80.5 Å². The van der Waals surface area contributed by atoms with Gasteiger partial charge < -0.3 is 4.74 Å². The number of fused-ring (bicyclic) bond motifs is 1. The zero-order chi connectivity index (χ0) is 23.0. The molecule has 0 saturated heterocycles. The van der Waals surface area contributed by atoms with E-state index in [0.717, 1.165) is 53.9 Å². The van der Waals surface area contributed by atoms with Gasteiger partial charge in [-0.1, -0.05) is 72.6 Å². The zero-order valence-electron chi connectivity index (χ0n) is 20.9. The molecule has 1 heterocycles. The van der Waals surface area contributed by atoms with Crippen molar-refractivity contribution in [3.63, 3.8) is 0 Å². The van der Waals surface area contributed by atoms with Gasteiger partial charge in [-0.15, -0.1) is 0 Å². The Morgan fingerprint density at radius 3 is 2.06 bits per heavy atom. The highest BCUT2D eigenvalue weighted by Crippen LogP contribution is 2.40. The van der Waals surface area contributed by atoms with E-state index in [-0.39, 0.29) is 11.2 Å². The number of benzene rings is 1. The van der Waals surface area contributed by atoms with Crippen LogP contribution in [-0.4, -0.2) is 5.60 Å². The molecular weight excluding hydrogens is 390 g/mol. The Balaban J connectivity index is 1.70. The van der Waals surface area contributed by atoms with Crippen LogP contribution in [-0.2, 0) is 6.42 Å². The summed E-state index contributed by atoms with van der Waals surface area (Å²) in [6, 6.07) is 3.22. The average molecular weight is 437 g/mol. The number of alkyl halides is 2. The predicted octanol–water partition coefficient (Wildman–Crippen LogP) is 9.46. The molecule has 31 heavy (non-hydrogen) atoms. The molecule has 1 nitrogen and oxygen atoms in total. The number of halogens is 2. The van der Waals surface area contributed by atoms with Crippen LogP contribution in [0.5, 0.6) is 5.75 Å². The van der Waals surface area contributed by atoms with Crippen molar-refractivity contribution in [2.24, 2.45) is 17.8 Å².